The fraction of sp³-hybridized carbons (Fsp3) is 0.231. The summed E-state index contributed by atoms with van der Waals surface area (Å²) in [6.45, 7) is 2.24. The molecule has 0 radical (unpaired) electrons. The van der Waals surface area contributed by atoms with Gasteiger partial charge in [0.05, 0.1) is 6.10 Å². The standard InChI is InChI=1S/C13H13Cl2N3O/c1-8-4-9(14)2-3-10(8)11(19)6-16-13-5-12(15)17-7-18-13/h2-5,7,11,19H,6H2,1H3,(H,16,17,18). The summed E-state index contributed by atoms with van der Waals surface area (Å²) in [5.41, 5.74) is 1.78. The van der Waals surface area contributed by atoms with Gasteiger partial charge in [0.15, 0.2) is 0 Å². The lowest BCUT2D eigenvalue weighted by molar-refractivity contribution is 0.191. The lowest BCUT2D eigenvalue weighted by Crippen LogP contribution is -2.14. The molecule has 1 aromatic carbocycles. The van der Waals surface area contributed by atoms with E-state index in [1.165, 1.54) is 6.33 Å². The molecule has 2 aromatic rings. The van der Waals surface area contributed by atoms with Gasteiger partial charge in [-0.3, -0.25) is 0 Å². The normalized spacial score (nSPS) is 12.2. The van der Waals surface area contributed by atoms with Crippen LogP contribution in [-0.2, 0) is 0 Å². The van der Waals surface area contributed by atoms with Crippen LogP contribution in [0.2, 0.25) is 10.2 Å². The van der Waals surface area contributed by atoms with Crippen LogP contribution >= 0.6 is 23.2 Å². The van der Waals surface area contributed by atoms with Crippen LogP contribution in [0.25, 0.3) is 0 Å². The van der Waals surface area contributed by atoms with Crippen molar-refractivity contribution in [3.05, 3.63) is 51.9 Å². The zero-order valence-corrected chi connectivity index (χ0v) is 11.8. The van der Waals surface area contributed by atoms with Gasteiger partial charge >= 0.3 is 0 Å². The number of anilines is 1. The molecule has 1 aromatic heterocycles. The number of benzene rings is 1. The van der Waals surface area contributed by atoms with Crippen LogP contribution in [0.5, 0.6) is 0 Å². The molecule has 1 heterocycles. The zero-order chi connectivity index (χ0) is 13.8. The smallest absolute Gasteiger partial charge is 0.134 e. The van der Waals surface area contributed by atoms with Gasteiger partial charge in [0.1, 0.15) is 17.3 Å². The van der Waals surface area contributed by atoms with E-state index in [1.54, 1.807) is 12.1 Å². The van der Waals surface area contributed by atoms with Gasteiger partial charge in [-0.05, 0) is 30.2 Å². The van der Waals surface area contributed by atoms with Gasteiger partial charge in [0.25, 0.3) is 0 Å². The quantitative estimate of drug-likeness (QED) is 0.851. The molecule has 0 aliphatic heterocycles. The molecular formula is C13H13Cl2N3O. The number of hydrogen-bond acceptors (Lipinski definition) is 4. The molecule has 0 fully saturated rings. The summed E-state index contributed by atoms with van der Waals surface area (Å²) < 4.78 is 0. The van der Waals surface area contributed by atoms with Crippen molar-refractivity contribution in [3.63, 3.8) is 0 Å². The van der Waals surface area contributed by atoms with E-state index in [0.29, 0.717) is 22.5 Å². The summed E-state index contributed by atoms with van der Waals surface area (Å²) in [5, 5.41) is 14.2. The van der Waals surface area contributed by atoms with Crippen molar-refractivity contribution in [2.24, 2.45) is 0 Å². The molecule has 6 heteroatoms. The molecule has 1 atom stereocenters. The Labute approximate surface area is 121 Å². The molecule has 0 aliphatic carbocycles. The first-order chi connectivity index (χ1) is 9.06. The van der Waals surface area contributed by atoms with Crippen molar-refractivity contribution in [2.75, 3.05) is 11.9 Å². The van der Waals surface area contributed by atoms with Crippen LogP contribution in [0.3, 0.4) is 0 Å². The summed E-state index contributed by atoms with van der Waals surface area (Å²) in [5.74, 6) is 0.575. The highest BCUT2D eigenvalue weighted by atomic mass is 35.5. The van der Waals surface area contributed by atoms with E-state index >= 15 is 0 Å². The summed E-state index contributed by atoms with van der Waals surface area (Å²) in [7, 11) is 0. The van der Waals surface area contributed by atoms with Crippen molar-refractivity contribution in [1.29, 1.82) is 0 Å². The minimum absolute atomic E-state index is 0.329. The van der Waals surface area contributed by atoms with Crippen molar-refractivity contribution >= 4 is 29.0 Å². The minimum Gasteiger partial charge on any atom is -0.387 e. The molecule has 0 bridgehead atoms. The topological polar surface area (TPSA) is 58.0 Å². The minimum atomic E-state index is -0.647. The Kier molecular flexibility index (Phi) is 4.58. The molecule has 0 spiro atoms. The Balaban J connectivity index is 2.03. The molecule has 0 saturated carbocycles. The SMILES string of the molecule is Cc1cc(Cl)ccc1C(O)CNc1cc(Cl)ncn1. The maximum atomic E-state index is 10.1. The second kappa shape index (κ2) is 6.19. The number of aliphatic hydroxyl groups excluding tert-OH is 1. The first kappa shape index (κ1) is 14.1. The molecule has 0 amide bonds. The highest BCUT2D eigenvalue weighted by molar-refractivity contribution is 6.30. The Hall–Kier alpha value is -1.36. The van der Waals surface area contributed by atoms with E-state index in [0.717, 1.165) is 11.1 Å². The summed E-state index contributed by atoms with van der Waals surface area (Å²) in [4.78, 5) is 7.79. The van der Waals surface area contributed by atoms with Gasteiger partial charge in [-0.25, -0.2) is 9.97 Å². The lowest BCUT2D eigenvalue weighted by Gasteiger charge is -2.15. The average Bonchev–Trinajstić information content (AvgIpc) is 2.36. The van der Waals surface area contributed by atoms with Gasteiger partial charge in [-0.1, -0.05) is 29.3 Å². The summed E-state index contributed by atoms with van der Waals surface area (Å²) >= 11 is 11.6. The third-order valence-electron chi connectivity index (χ3n) is 2.70. The number of hydrogen-bond donors (Lipinski definition) is 2. The number of rotatable bonds is 4. The molecular weight excluding hydrogens is 285 g/mol. The van der Waals surface area contributed by atoms with E-state index in [9.17, 15) is 5.11 Å². The lowest BCUT2D eigenvalue weighted by atomic mass is 10.0. The Morgan fingerprint density at radius 1 is 1.26 bits per heavy atom. The monoisotopic (exact) mass is 297 g/mol. The van der Waals surface area contributed by atoms with Crippen LogP contribution < -0.4 is 5.32 Å². The number of nitrogens with one attached hydrogen (secondary N) is 1. The molecule has 0 aliphatic rings. The first-order valence-electron chi connectivity index (χ1n) is 5.72. The fourth-order valence-corrected chi connectivity index (χ4v) is 2.13. The van der Waals surface area contributed by atoms with E-state index in [2.05, 4.69) is 15.3 Å². The molecule has 1 unspecified atom stereocenters. The molecule has 2 rings (SSSR count). The third kappa shape index (κ3) is 3.80. The average molecular weight is 298 g/mol. The van der Waals surface area contributed by atoms with E-state index in [4.69, 9.17) is 23.2 Å². The van der Waals surface area contributed by atoms with E-state index in [1.807, 2.05) is 19.1 Å². The number of halogens is 2. The molecule has 0 saturated heterocycles. The predicted molar refractivity (Wildman–Crippen MR) is 76.7 cm³/mol. The Morgan fingerprint density at radius 3 is 2.74 bits per heavy atom. The predicted octanol–water partition coefficient (Wildman–Crippen LogP) is 3.24. The zero-order valence-electron chi connectivity index (χ0n) is 10.3. The van der Waals surface area contributed by atoms with Crippen LogP contribution in [0.15, 0.2) is 30.6 Å². The van der Waals surface area contributed by atoms with Gasteiger partial charge in [0.2, 0.25) is 0 Å². The van der Waals surface area contributed by atoms with Crippen LogP contribution in [-0.4, -0.2) is 21.6 Å². The van der Waals surface area contributed by atoms with Crippen molar-refractivity contribution < 1.29 is 5.11 Å². The van der Waals surface area contributed by atoms with Crippen molar-refractivity contribution in [3.8, 4) is 0 Å². The maximum Gasteiger partial charge on any atom is 0.134 e. The number of aromatic nitrogens is 2. The molecule has 19 heavy (non-hydrogen) atoms. The number of nitrogens with zero attached hydrogens (tertiary/aromatic N) is 2. The largest absolute Gasteiger partial charge is 0.387 e. The van der Waals surface area contributed by atoms with E-state index in [-0.39, 0.29) is 0 Å². The number of aryl methyl sites for hydroxylation is 1. The van der Waals surface area contributed by atoms with E-state index < -0.39 is 6.10 Å². The summed E-state index contributed by atoms with van der Waals surface area (Å²) in [6.07, 6.45) is 0.718. The summed E-state index contributed by atoms with van der Waals surface area (Å²) in [6, 6.07) is 7.00. The first-order valence-corrected chi connectivity index (χ1v) is 6.47. The van der Waals surface area contributed by atoms with Gasteiger partial charge in [-0.15, -0.1) is 0 Å². The Morgan fingerprint density at radius 2 is 2.05 bits per heavy atom. The molecule has 100 valence electrons. The van der Waals surface area contributed by atoms with Crippen LogP contribution in [0.1, 0.15) is 17.2 Å². The van der Waals surface area contributed by atoms with Crippen LogP contribution in [0, 0.1) is 6.92 Å². The third-order valence-corrected chi connectivity index (χ3v) is 3.14. The Bertz CT molecular complexity index is 578. The molecule has 4 nitrogen and oxygen atoms in total. The fourth-order valence-electron chi connectivity index (χ4n) is 1.75. The van der Waals surface area contributed by atoms with Gasteiger partial charge in [0, 0.05) is 17.6 Å². The molecule has 2 N–H and O–H groups in total. The van der Waals surface area contributed by atoms with Crippen molar-refractivity contribution in [2.45, 2.75) is 13.0 Å². The van der Waals surface area contributed by atoms with Crippen LogP contribution in [0.4, 0.5) is 5.82 Å². The second-order valence-electron chi connectivity index (χ2n) is 4.12. The highest BCUT2D eigenvalue weighted by Crippen LogP contribution is 2.21. The van der Waals surface area contributed by atoms with Gasteiger partial charge in [-0.2, -0.15) is 0 Å². The van der Waals surface area contributed by atoms with Gasteiger partial charge < -0.3 is 10.4 Å². The highest BCUT2D eigenvalue weighted by Gasteiger charge is 2.10. The van der Waals surface area contributed by atoms with Crippen molar-refractivity contribution in [1.82, 2.24) is 9.97 Å². The number of aliphatic hydroxyl groups is 1. The maximum absolute atomic E-state index is 10.1. The second-order valence-corrected chi connectivity index (χ2v) is 4.95.